The minimum absolute atomic E-state index is 0.123. The molecular formula is C19H37IO2Si. The van der Waals surface area contributed by atoms with Crippen LogP contribution in [0.3, 0.4) is 0 Å². The fraction of sp³-hybridized carbons (Fsp3) is 0.789. The van der Waals surface area contributed by atoms with E-state index >= 15 is 0 Å². The van der Waals surface area contributed by atoms with Gasteiger partial charge in [0.2, 0.25) is 0 Å². The fourth-order valence-corrected chi connectivity index (χ4v) is 4.26. The van der Waals surface area contributed by atoms with E-state index in [-0.39, 0.29) is 17.7 Å². The zero-order valence-corrected chi connectivity index (χ0v) is 19.7. The second kappa shape index (κ2) is 9.73. The Morgan fingerprint density at radius 3 is 2.09 bits per heavy atom. The van der Waals surface area contributed by atoms with E-state index in [1.165, 1.54) is 5.57 Å². The summed E-state index contributed by atoms with van der Waals surface area (Å²) in [5.41, 5.74) is 2.42. The average molecular weight is 452 g/mol. The second-order valence-electron chi connectivity index (χ2n) is 8.51. The lowest BCUT2D eigenvalue weighted by Crippen LogP contribution is -2.47. The van der Waals surface area contributed by atoms with E-state index in [9.17, 15) is 5.11 Å². The van der Waals surface area contributed by atoms with Gasteiger partial charge in [-0.1, -0.05) is 74.4 Å². The minimum atomic E-state index is -1.83. The topological polar surface area (TPSA) is 29.5 Å². The predicted octanol–water partition coefficient (Wildman–Crippen LogP) is 6.32. The molecule has 0 aromatic rings. The summed E-state index contributed by atoms with van der Waals surface area (Å²) in [5.74, 6) is 0.751. The lowest BCUT2D eigenvalue weighted by molar-refractivity contribution is 0.0921. The molecule has 0 aromatic heterocycles. The molecule has 3 atom stereocenters. The third-order valence-electron chi connectivity index (χ3n) is 4.94. The van der Waals surface area contributed by atoms with Gasteiger partial charge >= 0.3 is 0 Å². The molecule has 0 aliphatic heterocycles. The molecule has 0 spiro atoms. The molecule has 0 fully saturated rings. The lowest BCUT2D eigenvalue weighted by atomic mass is 9.88. The first-order valence-corrected chi connectivity index (χ1v) is 12.7. The third kappa shape index (κ3) is 7.84. The van der Waals surface area contributed by atoms with Crippen LogP contribution >= 0.6 is 22.6 Å². The van der Waals surface area contributed by atoms with Crippen LogP contribution in [0.15, 0.2) is 21.3 Å². The van der Waals surface area contributed by atoms with Crippen LogP contribution in [0.2, 0.25) is 18.1 Å². The molecular weight excluding hydrogens is 415 g/mol. The van der Waals surface area contributed by atoms with Crippen LogP contribution in [0.1, 0.15) is 54.9 Å². The normalized spacial score (nSPS) is 18.7. The van der Waals surface area contributed by atoms with Crippen molar-refractivity contribution < 1.29 is 9.53 Å². The summed E-state index contributed by atoms with van der Waals surface area (Å²) in [4.78, 5) is 0. The molecule has 23 heavy (non-hydrogen) atoms. The van der Waals surface area contributed by atoms with Gasteiger partial charge in [0.05, 0.1) is 12.7 Å². The number of aliphatic hydroxyl groups is 1. The maximum Gasteiger partial charge on any atom is 0.192 e. The molecule has 0 aliphatic carbocycles. The van der Waals surface area contributed by atoms with Gasteiger partial charge in [0.1, 0.15) is 0 Å². The molecule has 136 valence electrons. The van der Waals surface area contributed by atoms with Crippen molar-refractivity contribution in [3.05, 3.63) is 21.3 Å². The number of hydrogen-bond acceptors (Lipinski definition) is 2. The summed E-state index contributed by atoms with van der Waals surface area (Å²) in [6, 6.07) is 0. The van der Waals surface area contributed by atoms with Crippen molar-refractivity contribution in [3.8, 4) is 0 Å². The zero-order chi connectivity index (χ0) is 18.4. The Hall–Kier alpha value is 0.347. The van der Waals surface area contributed by atoms with Gasteiger partial charge < -0.3 is 9.53 Å². The summed E-state index contributed by atoms with van der Waals surface area (Å²) in [7, 11) is -1.83. The van der Waals surface area contributed by atoms with Gasteiger partial charge in [-0.25, -0.2) is 0 Å². The molecule has 0 aliphatic rings. The summed E-state index contributed by atoms with van der Waals surface area (Å²) in [5, 5.41) is 9.54. The van der Waals surface area contributed by atoms with Gasteiger partial charge in [-0.15, -0.1) is 0 Å². The highest BCUT2D eigenvalue weighted by Gasteiger charge is 2.41. The van der Waals surface area contributed by atoms with Crippen molar-refractivity contribution in [1.29, 1.82) is 0 Å². The number of rotatable bonds is 8. The highest BCUT2D eigenvalue weighted by molar-refractivity contribution is 14.1. The van der Waals surface area contributed by atoms with Crippen molar-refractivity contribution in [1.82, 2.24) is 0 Å². The maximum atomic E-state index is 9.34. The smallest absolute Gasteiger partial charge is 0.192 e. The van der Waals surface area contributed by atoms with E-state index in [4.69, 9.17) is 4.43 Å². The standard InChI is InChI=1S/C19H37IO2Si/c1-14(12-20)10-16(3)18(17(4)11-15(2)13-21)22-23(8,9)19(5,6)7/h11-12,16-18,21H,10,13H2,1-9H3/b14-12+,15-11+/t16-,17+,18-/m0/s1. The van der Waals surface area contributed by atoms with Crippen molar-refractivity contribution in [2.75, 3.05) is 6.61 Å². The molecule has 0 aromatic carbocycles. The molecule has 0 rings (SSSR count). The highest BCUT2D eigenvalue weighted by Crippen LogP contribution is 2.40. The lowest BCUT2D eigenvalue weighted by Gasteiger charge is -2.42. The van der Waals surface area contributed by atoms with E-state index < -0.39 is 8.32 Å². The molecule has 0 bridgehead atoms. The largest absolute Gasteiger partial charge is 0.413 e. The Morgan fingerprint density at radius 1 is 1.17 bits per heavy atom. The molecule has 0 amide bonds. The monoisotopic (exact) mass is 452 g/mol. The predicted molar refractivity (Wildman–Crippen MR) is 114 cm³/mol. The van der Waals surface area contributed by atoms with Gasteiger partial charge in [-0.3, -0.25) is 0 Å². The minimum Gasteiger partial charge on any atom is -0.413 e. The Kier molecular flexibility index (Phi) is 9.88. The number of allylic oxidation sites excluding steroid dienone is 1. The summed E-state index contributed by atoms with van der Waals surface area (Å²) in [6.07, 6.45) is 3.42. The molecule has 0 unspecified atom stereocenters. The number of aliphatic hydroxyl groups excluding tert-OH is 1. The van der Waals surface area contributed by atoms with Gasteiger partial charge in [0, 0.05) is 0 Å². The highest BCUT2D eigenvalue weighted by atomic mass is 127. The first-order chi connectivity index (χ1) is 10.4. The van der Waals surface area contributed by atoms with E-state index in [1.807, 2.05) is 6.92 Å². The second-order valence-corrected chi connectivity index (χ2v) is 13.9. The quantitative estimate of drug-likeness (QED) is 0.265. The Bertz CT molecular complexity index is 422. The van der Waals surface area contributed by atoms with E-state index in [2.05, 4.69) is 87.4 Å². The van der Waals surface area contributed by atoms with Crippen LogP contribution in [0.5, 0.6) is 0 Å². The van der Waals surface area contributed by atoms with Gasteiger partial charge in [-0.2, -0.15) is 0 Å². The third-order valence-corrected chi connectivity index (χ3v) is 10.5. The van der Waals surface area contributed by atoms with Crippen molar-refractivity contribution in [2.24, 2.45) is 11.8 Å². The Morgan fingerprint density at radius 2 is 1.70 bits per heavy atom. The molecule has 0 heterocycles. The van der Waals surface area contributed by atoms with Crippen LogP contribution in [-0.4, -0.2) is 26.1 Å². The van der Waals surface area contributed by atoms with Crippen LogP contribution in [0, 0.1) is 11.8 Å². The number of hydrogen-bond donors (Lipinski definition) is 1. The van der Waals surface area contributed by atoms with Gasteiger partial charge in [0.15, 0.2) is 8.32 Å². The van der Waals surface area contributed by atoms with E-state index in [0.29, 0.717) is 11.8 Å². The molecule has 0 saturated carbocycles. The van der Waals surface area contributed by atoms with Gasteiger partial charge in [0.25, 0.3) is 0 Å². The van der Waals surface area contributed by atoms with Gasteiger partial charge in [-0.05, 0) is 54.3 Å². The Labute approximate surface area is 159 Å². The van der Waals surface area contributed by atoms with E-state index in [0.717, 1.165) is 12.0 Å². The first-order valence-electron chi connectivity index (χ1n) is 8.57. The van der Waals surface area contributed by atoms with Crippen molar-refractivity contribution in [2.45, 2.75) is 79.1 Å². The number of halogens is 1. The van der Waals surface area contributed by atoms with Crippen LogP contribution in [-0.2, 0) is 4.43 Å². The zero-order valence-electron chi connectivity index (χ0n) is 16.5. The molecule has 0 saturated heterocycles. The fourth-order valence-electron chi connectivity index (χ4n) is 2.52. The summed E-state index contributed by atoms with van der Waals surface area (Å²) < 4.78 is 8.96. The van der Waals surface area contributed by atoms with Crippen molar-refractivity contribution >= 4 is 30.9 Å². The SMILES string of the molecule is C/C(=C\[C@@H](C)[C@@H](O[Si](C)(C)C(C)(C)C)[C@@H](C)C/C(C)=C/I)CO. The van der Waals surface area contributed by atoms with E-state index in [1.54, 1.807) is 0 Å². The van der Waals surface area contributed by atoms with Crippen LogP contribution < -0.4 is 0 Å². The summed E-state index contributed by atoms with van der Waals surface area (Å²) >= 11 is 2.32. The van der Waals surface area contributed by atoms with Crippen LogP contribution in [0.25, 0.3) is 0 Å². The average Bonchev–Trinajstić information content (AvgIpc) is 2.42. The molecule has 0 radical (unpaired) electrons. The first kappa shape index (κ1) is 23.3. The molecule has 2 nitrogen and oxygen atoms in total. The molecule has 4 heteroatoms. The van der Waals surface area contributed by atoms with Crippen molar-refractivity contribution in [3.63, 3.8) is 0 Å². The molecule has 1 N–H and O–H groups in total. The van der Waals surface area contributed by atoms with Crippen LogP contribution in [0.4, 0.5) is 0 Å². The Balaban J connectivity index is 5.46. The maximum absolute atomic E-state index is 9.34. The summed E-state index contributed by atoms with van der Waals surface area (Å²) in [6.45, 7) is 20.3.